The first-order valence-electron chi connectivity index (χ1n) is 7.96. The highest BCUT2D eigenvalue weighted by molar-refractivity contribution is 5.44. The number of hydrogen-bond acceptors (Lipinski definition) is 5. The SMILES string of the molecule is COc1ccc([C@H]2O[C@H](c3ccc(O)c(O)c3)[C@@H](C)[C@@H]2C)cc1O. The van der Waals surface area contributed by atoms with Gasteiger partial charge in [0.15, 0.2) is 23.0 Å². The van der Waals surface area contributed by atoms with E-state index >= 15 is 0 Å². The Balaban J connectivity index is 1.89. The minimum absolute atomic E-state index is 0.0872. The monoisotopic (exact) mass is 330 g/mol. The minimum atomic E-state index is -0.194. The van der Waals surface area contributed by atoms with Crippen molar-refractivity contribution in [1.29, 1.82) is 0 Å². The summed E-state index contributed by atoms with van der Waals surface area (Å²) in [5.41, 5.74) is 1.71. The molecule has 5 nitrogen and oxygen atoms in total. The van der Waals surface area contributed by atoms with Gasteiger partial charge in [-0.2, -0.15) is 0 Å². The summed E-state index contributed by atoms with van der Waals surface area (Å²) in [6.07, 6.45) is -0.363. The highest BCUT2D eigenvalue weighted by Gasteiger charge is 2.40. The smallest absolute Gasteiger partial charge is 0.160 e. The molecular weight excluding hydrogens is 308 g/mol. The molecule has 0 unspecified atom stereocenters. The molecule has 2 aromatic carbocycles. The van der Waals surface area contributed by atoms with Gasteiger partial charge in [-0.05, 0) is 47.2 Å². The fourth-order valence-corrected chi connectivity index (χ4v) is 3.32. The van der Waals surface area contributed by atoms with Crippen molar-refractivity contribution in [3.63, 3.8) is 0 Å². The molecule has 3 N–H and O–H groups in total. The fourth-order valence-electron chi connectivity index (χ4n) is 3.32. The molecule has 0 bridgehead atoms. The summed E-state index contributed by atoms with van der Waals surface area (Å²) in [6, 6.07) is 10.1. The summed E-state index contributed by atoms with van der Waals surface area (Å²) in [5.74, 6) is 0.652. The summed E-state index contributed by atoms with van der Waals surface area (Å²) in [6.45, 7) is 4.21. The molecule has 2 aromatic rings. The van der Waals surface area contributed by atoms with Crippen molar-refractivity contribution in [3.8, 4) is 23.0 Å². The molecule has 1 aliphatic rings. The third kappa shape index (κ3) is 2.76. The van der Waals surface area contributed by atoms with Gasteiger partial charge in [-0.15, -0.1) is 0 Å². The first kappa shape index (κ1) is 16.5. The Morgan fingerprint density at radius 2 is 1.33 bits per heavy atom. The van der Waals surface area contributed by atoms with Crippen LogP contribution in [0.25, 0.3) is 0 Å². The van der Waals surface area contributed by atoms with E-state index in [1.807, 2.05) is 6.07 Å². The lowest BCUT2D eigenvalue weighted by Crippen LogP contribution is -2.09. The van der Waals surface area contributed by atoms with Crippen LogP contribution in [-0.4, -0.2) is 22.4 Å². The van der Waals surface area contributed by atoms with Crippen LogP contribution in [0, 0.1) is 11.8 Å². The Kier molecular flexibility index (Phi) is 4.28. The summed E-state index contributed by atoms with van der Waals surface area (Å²) in [4.78, 5) is 0. The molecule has 4 atom stereocenters. The molecule has 1 saturated heterocycles. The van der Waals surface area contributed by atoms with Crippen molar-refractivity contribution >= 4 is 0 Å². The number of phenols is 3. The van der Waals surface area contributed by atoms with E-state index in [0.717, 1.165) is 11.1 Å². The molecule has 24 heavy (non-hydrogen) atoms. The first-order chi connectivity index (χ1) is 11.4. The zero-order valence-corrected chi connectivity index (χ0v) is 13.9. The first-order valence-corrected chi connectivity index (χ1v) is 7.96. The number of aromatic hydroxyl groups is 3. The molecule has 5 heteroatoms. The van der Waals surface area contributed by atoms with E-state index in [1.165, 1.54) is 19.2 Å². The van der Waals surface area contributed by atoms with Crippen molar-refractivity contribution in [2.24, 2.45) is 11.8 Å². The average Bonchev–Trinajstić information content (AvgIpc) is 2.86. The molecule has 0 saturated carbocycles. The van der Waals surface area contributed by atoms with E-state index < -0.39 is 0 Å². The topological polar surface area (TPSA) is 79.2 Å². The second-order valence-corrected chi connectivity index (χ2v) is 6.37. The minimum Gasteiger partial charge on any atom is -0.504 e. The van der Waals surface area contributed by atoms with Gasteiger partial charge >= 0.3 is 0 Å². The molecule has 3 rings (SSSR count). The van der Waals surface area contributed by atoms with E-state index in [9.17, 15) is 15.3 Å². The summed E-state index contributed by atoms with van der Waals surface area (Å²) >= 11 is 0. The maximum atomic E-state index is 10.0. The van der Waals surface area contributed by atoms with E-state index in [1.54, 1.807) is 18.2 Å². The lowest BCUT2D eigenvalue weighted by molar-refractivity contribution is 0.0288. The Morgan fingerprint density at radius 1 is 0.792 bits per heavy atom. The van der Waals surface area contributed by atoms with E-state index in [4.69, 9.17) is 9.47 Å². The second kappa shape index (κ2) is 6.24. The van der Waals surface area contributed by atoms with Gasteiger partial charge in [0, 0.05) is 0 Å². The van der Waals surface area contributed by atoms with Crippen LogP contribution < -0.4 is 4.74 Å². The van der Waals surface area contributed by atoms with Crippen molar-refractivity contribution in [3.05, 3.63) is 47.5 Å². The van der Waals surface area contributed by atoms with Gasteiger partial charge in [0.05, 0.1) is 19.3 Å². The zero-order valence-electron chi connectivity index (χ0n) is 13.9. The van der Waals surface area contributed by atoms with Crippen LogP contribution in [0.2, 0.25) is 0 Å². The number of methoxy groups -OCH3 is 1. The number of benzene rings is 2. The molecule has 0 amide bonds. The highest BCUT2D eigenvalue weighted by Crippen LogP contribution is 2.50. The Labute approximate surface area is 141 Å². The maximum Gasteiger partial charge on any atom is 0.160 e. The lowest BCUT2D eigenvalue weighted by atomic mass is 9.85. The molecule has 0 aromatic heterocycles. The van der Waals surface area contributed by atoms with Gasteiger partial charge in [-0.3, -0.25) is 0 Å². The molecule has 0 radical (unpaired) electrons. The normalized spacial score (nSPS) is 26.5. The van der Waals surface area contributed by atoms with Crippen molar-refractivity contribution in [2.45, 2.75) is 26.1 Å². The Hall–Kier alpha value is -2.40. The molecule has 1 fully saturated rings. The van der Waals surface area contributed by atoms with Crippen LogP contribution in [0.5, 0.6) is 23.0 Å². The molecule has 0 aliphatic carbocycles. The largest absolute Gasteiger partial charge is 0.504 e. The van der Waals surface area contributed by atoms with Crippen molar-refractivity contribution in [2.75, 3.05) is 7.11 Å². The van der Waals surface area contributed by atoms with Gasteiger partial charge in [-0.1, -0.05) is 26.0 Å². The van der Waals surface area contributed by atoms with Crippen LogP contribution >= 0.6 is 0 Å². The predicted octanol–water partition coefficient (Wildman–Crippen LogP) is 3.90. The number of phenolic OH excluding ortho intramolecular Hbond substituents is 3. The molecule has 1 heterocycles. The van der Waals surface area contributed by atoms with Crippen molar-refractivity contribution < 1.29 is 24.8 Å². The van der Waals surface area contributed by atoms with Crippen LogP contribution in [-0.2, 0) is 4.74 Å². The van der Waals surface area contributed by atoms with Gasteiger partial charge in [0.25, 0.3) is 0 Å². The molecule has 1 aliphatic heterocycles. The Bertz CT molecular complexity index is 743. The molecule has 128 valence electrons. The number of ether oxygens (including phenoxy) is 2. The third-order valence-electron chi connectivity index (χ3n) is 4.94. The van der Waals surface area contributed by atoms with Gasteiger partial charge in [0.2, 0.25) is 0 Å². The van der Waals surface area contributed by atoms with Crippen LogP contribution in [0.15, 0.2) is 36.4 Å². The van der Waals surface area contributed by atoms with E-state index in [0.29, 0.717) is 5.75 Å². The third-order valence-corrected chi connectivity index (χ3v) is 4.94. The second-order valence-electron chi connectivity index (χ2n) is 6.37. The van der Waals surface area contributed by atoms with E-state index in [-0.39, 0.29) is 41.3 Å². The quantitative estimate of drug-likeness (QED) is 0.744. The molecule has 0 spiro atoms. The highest BCUT2D eigenvalue weighted by atomic mass is 16.5. The molecular formula is C19H22O5. The average molecular weight is 330 g/mol. The van der Waals surface area contributed by atoms with Crippen molar-refractivity contribution in [1.82, 2.24) is 0 Å². The lowest BCUT2D eigenvalue weighted by Gasteiger charge is -2.17. The summed E-state index contributed by atoms with van der Waals surface area (Å²) in [7, 11) is 1.51. The maximum absolute atomic E-state index is 10.0. The van der Waals surface area contributed by atoms with Gasteiger partial charge in [0.1, 0.15) is 0 Å². The standard InChI is InChI=1S/C19H22O5/c1-10-11(2)19(13-5-7-17(23-3)16(22)9-13)24-18(10)12-4-6-14(20)15(21)8-12/h4-11,18-22H,1-3H3/t10-,11-,18-,19-/m0/s1. The number of rotatable bonds is 3. The van der Waals surface area contributed by atoms with Gasteiger partial charge in [-0.25, -0.2) is 0 Å². The van der Waals surface area contributed by atoms with Crippen LogP contribution in [0.3, 0.4) is 0 Å². The fraction of sp³-hybridized carbons (Fsp3) is 0.368. The zero-order chi connectivity index (χ0) is 17.4. The predicted molar refractivity (Wildman–Crippen MR) is 89.3 cm³/mol. The van der Waals surface area contributed by atoms with Crippen LogP contribution in [0.1, 0.15) is 37.2 Å². The van der Waals surface area contributed by atoms with E-state index in [2.05, 4.69) is 13.8 Å². The summed E-state index contributed by atoms with van der Waals surface area (Å²) in [5, 5.41) is 29.2. The Morgan fingerprint density at radius 3 is 1.83 bits per heavy atom. The number of hydrogen-bond donors (Lipinski definition) is 3. The van der Waals surface area contributed by atoms with Gasteiger partial charge < -0.3 is 24.8 Å². The summed E-state index contributed by atoms with van der Waals surface area (Å²) < 4.78 is 11.3. The van der Waals surface area contributed by atoms with Crippen LogP contribution in [0.4, 0.5) is 0 Å².